The zero-order valence-electron chi connectivity index (χ0n) is 10.4. The Morgan fingerprint density at radius 1 is 1.32 bits per heavy atom. The van der Waals surface area contributed by atoms with Crippen LogP contribution in [0.5, 0.6) is 0 Å². The van der Waals surface area contributed by atoms with Crippen molar-refractivity contribution in [1.29, 1.82) is 0 Å². The van der Waals surface area contributed by atoms with Crippen molar-refractivity contribution in [3.05, 3.63) is 47.3 Å². The Morgan fingerprint density at radius 2 is 2.00 bits per heavy atom. The topological polar surface area (TPSA) is 74.8 Å². The summed E-state index contributed by atoms with van der Waals surface area (Å²) < 4.78 is 0. The summed E-state index contributed by atoms with van der Waals surface area (Å²) in [5, 5.41) is 2.60. The highest BCUT2D eigenvalue weighted by Gasteiger charge is 2.14. The molecule has 2 radical (unpaired) electrons. The molecule has 5 nitrogen and oxygen atoms in total. The van der Waals surface area contributed by atoms with Gasteiger partial charge < -0.3 is 4.98 Å². The molecule has 0 fully saturated rings. The van der Waals surface area contributed by atoms with Crippen molar-refractivity contribution in [3.8, 4) is 0 Å². The second-order valence-electron chi connectivity index (χ2n) is 4.01. The normalized spacial score (nSPS) is 10.2. The average molecular weight is 253 g/mol. The molecule has 1 aromatic heterocycles. The molecule has 2 aromatic rings. The maximum absolute atomic E-state index is 11.9. The number of aromatic amines is 1. The van der Waals surface area contributed by atoms with Crippen LogP contribution in [0.25, 0.3) is 0 Å². The van der Waals surface area contributed by atoms with E-state index in [1.807, 2.05) is 6.07 Å². The minimum atomic E-state index is -0.291. The Hall–Kier alpha value is -2.37. The highest BCUT2D eigenvalue weighted by atomic mass is 16.2. The fourth-order valence-electron chi connectivity index (χ4n) is 1.66. The number of H-pyrrole nitrogens is 1. The van der Waals surface area contributed by atoms with E-state index in [0.29, 0.717) is 11.3 Å². The predicted octanol–water partition coefficient (Wildman–Crippen LogP) is 1.74. The molecule has 0 bridgehead atoms. The lowest BCUT2D eigenvalue weighted by Crippen LogP contribution is -2.12. The number of nitrogens with zero attached hydrogens (tertiary/aromatic N) is 1. The zero-order chi connectivity index (χ0) is 13.8. The summed E-state index contributed by atoms with van der Waals surface area (Å²) >= 11 is 0. The van der Waals surface area contributed by atoms with Crippen molar-refractivity contribution in [2.45, 2.75) is 13.2 Å². The summed E-state index contributed by atoms with van der Waals surface area (Å²) in [7, 11) is 5.28. The van der Waals surface area contributed by atoms with Gasteiger partial charge in [-0.1, -0.05) is 18.2 Å². The Labute approximate surface area is 111 Å². The predicted molar refractivity (Wildman–Crippen MR) is 72.6 cm³/mol. The van der Waals surface area contributed by atoms with Crippen LogP contribution in [0, 0.1) is 6.92 Å². The number of imidazole rings is 1. The van der Waals surface area contributed by atoms with Crippen LogP contribution in [0.15, 0.2) is 30.3 Å². The van der Waals surface area contributed by atoms with E-state index < -0.39 is 0 Å². The first-order valence-electron chi connectivity index (χ1n) is 5.78. The molecule has 0 saturated carbocycles. The van der Waals surface area contributed by atoms with E-state index in [0.717, 1.165) is 0 Å². The van der Waals surface area contributed by atoms with E-state index in [2.05, 4.69) is 15.3 Å². The van der Waals surface area contributed by atoms with Gasteiger partial charge in [-0.3, -0.25) is 14.9 Å². The van der Waals surface area contributed by atoms with Crippen LogP contribution < -0.4 is 5.32 Å². The SMILES string of the molecule is [B]CC(=O)c1nc(NC(=O)c2ccccc2)[nH]c1C. The van der Waals surface area contributed by atoms with E-state index in [9.17, 15) is 9.59 Å². The number of amides is 1. The molecule has 2 rings (SSSR count). The maximum atomic E-state index is 11.9. The van der Waals surface area contributed by atoms with Crippen molar-refractivity contribution < 1.29 is 9.59 Å². The summed E-state index contributed by atoms with van der Waals surface area (Å²) in [6.45, 7) is 1.70. The van der Waals surface area contributed by atoms with Gasteiger partial charge in [-0.2, -0.15) is 0 Å². The third-order valence-electron chi connectivity index (χ3n) is 2.60. The molecule has 1 amide bonds. The van der Waals surface area contributed by atoms with Crippen LogP contribution in [0.2, 0.25) is 6.32 Å². The number of carbonyl (C=O) groups is 2. The van der Waals surface area contributed by atoms with Crippen LogP contribution in [0.1, 0.15) is 26.5 Å². The van der Waals surface area contributed by atoms with Crippen LogP contribution in [-0.2, 0) is 0 Å². The van der Waals surface area contributed by atoms with E-state index in [1.54, 1.807) is 31.2 Å². The number of aromatic nitrogens is 2. The molecule has 2 N–H and O–H groups in total. The van der Waals surface area contributed by atoms with Gasteiger partial charge in [-0.05, 0) is 25.4 Å². The van der Waals surface area contributed by atoms with E-state index in [1.165, 1.54) is 0 Å². The Morgan fingerprint density at radius 3 is 2.63 bits per heavy atom. The van der Waals surface area contributed by atoms with Gasteiger partial charge in [0.25, 0.3) is 5.91 Å². The average Bonchev–Trinajstić information content (AvgIpc) is 2.79. The molecule has 6 heteroatoms. The molecule has 1 aromatic carbocycles. The first-order valence-corrected chi connectivity index (χ1v) is 5.78. The number of rotatable bonds is 4. The van der Waals surface area contributed by atoms with Gasteiger partial charge in [-0.15, -0.1) is 0 Å². The van der Waals surface area contributed by atoms with Gasteiger partial charge in [0.2, 0.25) is 5.95 Å². The summed E-state index contributed by atoms with van der Waals surface area (Å²) in [6, 6.07) is 8.75. The van der Waals surface area contributed by atoms with Gasteiger partial charge in [0.15, 0.2) is 5.78 Å². The molecular weight excluding hydrogens is 241 g/mol. The number of aryl methyl sites for hydroxylation is 1. The van der Waals surface area contributed by atoms with Crippen molar-refractivity contribution in [3.63, 3.8) is 0 Å². The zero-order valence-corrected chi connectivity index (χ0v) is 10.4. The highest BCUT2D eigenvalue weighted by Crippen LogP contribution is 2.12. The van der Waals surface area contributed by atoms with Gasteiger partial charge in [0, 0.05) is 11.3 Å². The van der Waals surface area contributed by atoms with Crippen molar-refractivity contribution in [2.75, 3.05) is 5.32 Å². The molecule has 0 aliphatic heterocycles. The Bertz CT molecular complexity index is 608. The molecule has 0 saturated heterocycles. The second-order valence-corrected chi connectivity index (χ2v) is 4.01. The maximum Gasteiger partial charge on any atom is 0.257 e. The van der Waals surface area contributed by atoms with Crippen molar-refractivity contribution >= 4 is 25.5 Å². The van der Waals surface area contributed by atoms with E-state index >= 15 is 0 Å². The lowest BCUT2D eigenvalue weighted by molar-refractivity contribution is 0.100. The number of hydrogen-bond donors (Lipinski definition) is 2. The van der Waals surface area contributed by atoms with Crippen LogP contribution in [-0.4, -0.2) is 29.5 Å². The third-order valence-corrected chi connectivity index (χ3v) is 2.60. The highest BCUT2D eigenvalue weighted by molar-refractivity contribution is 6.23. The Balaban J connectivity index is 2.16. The minimum absolute atomic E-state index is 0.113. The summed E-state index contributed by atoms with van der Waals surface area (Å²) in [5.41, 5.74) is 1.35. The molecule has 1 heterocycles. The molecule has 0 aliphatic carbocycles. The lowest BCUT2D eigenvalue weighted by Gasteiger charge is -2.00. The fraction of sp³-hybridized carbons (Fsp3) is 0.154. The monoisotopic (exact) mass is 253 g/mol. The first kappa shape index (κ1) is 13.1. The summed E-state index contributed by atoms with van der Waals surface area (Å²) in [6.07, 6.45) is -0.113. The minimum Gasteiger partial charge on any atom is -0.327 e. The fourth-order valence-corrected chi connectivity index (χ4v) is 1.66. The van der Waals surface area contributed by atoms with Gasteiger partial charge in [0.1, 0.15) is 5.69 Å². The van der Waals surface area contributed by atoms with E-state index in [4.69, 9.17) is 7.85 Å². The van der Waals surface area contributed by atoms with Gasteiger partial charge >= 0.3 is 0 Å². The van der Waals surface area contributed by atoms with Crippen LogP contribution in [0.4, 0.5) is 5.95 Å². The molecule has 19 heavy (non-hydrogen) atoms. The van der Waals surface area contributed by atoms with Gasteiger partial charge in [0.05, 0.1) is 7.85 Å². The number of hydrogen-bond acceptors (Lipinski definition) is 3. The van der Waals surface area contributed by atoms with Crippen molar-refractivity contribution in [1.82, 2.24) is 9.97 Å². The quantitative estimate of drug-likeness (QED) is 0.643. The number of nitrogens with one attached hydrogen (secondary N) is 2. The van der Waals surface area contributed by atoms with Crippen molar-refractivity contribution in [2.24, 2.45) is 0 Å². The molecular formula is C13H12BN3O2. The Kier molecular flexibility index (Phi) is 3.80. The van der Waals surface area contributed by atoms with E-state index in [-0.39, 0.29) is 29.7 Å². The molecule has 0 spiro atoms. The van der Waals surface area contributed by atoms with Gasteiger partial charge in [-0.25, -0.2) is 4.98 Å². The number of Topliss-reactive ketones (excluding diaryl/α,β-unsaturated/α-hetero) is 1. The molecule has 0 unspecified atom stereocenters. The number of ketones is 1. The largest absolute Gasteiger partial charge is 0.327 e. The van der Waals surface area contributed by atoms with Crippen LogP contribution >= 0.6 is 0 Å². The summed E-state index contributed by atoms with van der Waals surface area (Å²) in [5.74, 6) is -0.321. The number of benzene rings is 1. The summed E-state index contributed by atoms with van der Waals surface area (Å²) in [4.78, 5) is 30.2. The molecule has 0 atom stereocenters. The molecule has 0 aliphatic rings. The lowest BCUT2D eigenvalue weighted by atomic mass is 9.98. The standard InChI is InChI=1S/C13H12BN3O2/c1-8-11(10(18)7-14)16-13(15-8)17-12(19)9-5-3-2-4-6-9/h2-6H,7H2,1H3,(H2,15,16,17,19). The molecule has 94 valence electrons. The van der Waals surface area contributed by atoms with Crippen LogP contribution in [0.3, 0.4) is 0 Å². The third kappa shape index (κ3) is 2.90. The second kappa shape index (κ2) is 5.52. The first-order chi connectivity index (χ1) is 9.11. The number of anilines is 1. The smallest absolute Gasteiger partial charge is 0.257 e. The number of carbonyl (C=O) groups excluding carboxylic acids is 2.